The highest BCUT2D eigenvalue weighted by molar-refractivity contribution is 5.79. The molecule has 1 amide bonds. The molecular formula is C13H21N3O4. The Balaban J connectivity index is 2.97. The lowest BCUT2D eigenvalue weighted by Gasteiger charge is -2.35. The summed E-state index contributed by atoms with van der Waals surface area (Å²) in [5, 5.41) is 0. The number of hydrogen-bond donors (Lipinski definition) is 2. The van der Waals surface area contributed by atoms with Crippen molar-refractivity contribution >= 4 is 5.91 Å². The van der Waals surface area contributed by atoms with E-state index in [-0.39, 0.29) is 17.9 Å². The van der Waals surface area contributed by atoms with E-state index in [4.69, 9.17) is 4.74 Å². The van der Waals surface area contributed by atoms with Crippen molar-refractivity contribution in [3.8, 4) is 0 Å². The minimum Gasteiger partial charge on any atom is -0.382 e. The van der Waals surface area contributed by atoms with E-state index < -0.39 is 16.8 Å². The first-order valence-corrected chi connectivity index (χ1v) is 6.26. The second-order valence-corrected chi connectivity index (χ2v) is 5.39. The zero-order chi connectivity index (χ0) is 15.5. The van der Waals surface area contributed by atoms with Crippen molar-refractivity contribution in [3.05, 3.63) is 32.1 Å². The first-order valence-electron chi connectivity index (χ1n) is 6.26. The Morgan fingerprint density at radius 3 is 2.40 bits per heavy atom. The number of methoxy groups -OCH3 is 1. The molecule has 1 rings (SSSR count). The summed E-state index contributed by atoms with van der Waals surface area (Å²) in [4.78, 5) is 41.2. The average Bonchev–Trinajstić information content (AvgIpc) is 2.32. The molecule has 1 aromatic heterocycles. The fourth-order valence-corrected chi connectivity index (χ4v) is 1.90. The summed E-state index contributed by atoms with van der Waals surface area (Å²) >= 11 is 0. The molecule has 0 aromatic carbocycles. The van der Waals surface area contributed by atoms with Crippen LogP contribution in [-0.2, 0) is 16.0 Å². The van der Waals surface area contributed by atoms with Crippen LogP contribution in [0.15, 0.2) is 9.59 Å². The quantitative estimate of drug-likeness (QED) is 0.782. The predicted octanol–water partition coefficient (Wildman–Crippen LogP) is -0.202. The molecule has 0 atom stereocenters. The van der Waals surface area contributed by atoms with Crippen LogP contribution in [-0.4, -0.2) is 47.1 Å². The van der Waals surface area contributed by atoms with Gasteiger partial charge in [0, 0.05) is 25.4 Å². The molecule has 0 aliphatic rings. The Morgan fingerprint density at radius 2 is 1.90 bits per heavy atom. The molecular weight excluding hydrogens is 262 g/mol. The monoisotopic (exact) mass is 283 g/mol. The van der Waals surface area contributed by atoms with Gasteiger partial charge in [0.25, 0.3) is 5.56 Å². The SMILES string of the molecule is COCC(C)(C)N(C)C(=O)Cc1c(C)[nH]c(=O)[nH]c1=O. The minimum atomic E-state index is -0.572. The topological polar surface area (TPSA) is 95.3 Å². The summed E-state index contributed by atoms with van der Waals surface area (Å²) in [5.41, 5.74) is -0.900. The molecule has 1 heterocycles. The Hall–Kier alpha value is -1.89. The van der Waals surface area contributed by atoms with Crippen molar-refractivity contribution in [1.82, 2.24) is 14.9 Å². The number of H-pyrrole nitrogens is 2. The van der Waals surface area contributed by atoms with Crippen molar-refractivity contribution in [3.63, 3.8) is 0 Å². The Kier molecular flexibility index (Phi) is 4.88. The van der Waals surface area contributed by atoms with Gasteiger partial charge in [0.15, 0.2) is 0 Å². The van der Waals surface area contributed by atoms with Crippen LogP contribution in [0.1, 0.15) is 25.1 Å². The molecule has 0 saturated carbocycles. The maximum absolute atomic E-state index is 12.2. The van der Waals surface area contributed by atoms with Crippen molar-refractivity contribution in [2.24, 2.45) is 0 Å². The van der Waals surface area contributed by atoms with Gasteiger partial charge in [-0.15, -0.1) is 0 Å². The van der Waals surface area contributed by atoms with Crippen LogP contribution in [0.2, 0.25) is 0 Å². The second-order valence-electron chi connectivity index (χ2n) is 5.39. The van der Waals surface area contributed by atoms with E-state index in [0.717, 1.165) is 0 Å². The van der Waals surface area contributed by atoms with Gasteiger partial charge in [-0.3, -0.25) is 14.6 Å². The molecule has 7 nitrogen and oxygen atoms in total. The van der Waals surface area contributed by atoms with Gasteiger partial charge in [0.05, 0.1) is 18.6 Å². The molecule has 112 valence electrons. The van der Waals surface area contributed by atoms with Crippen LogP contribution in [0.25, 0.3) is 0 Å². The number of nitrogens with one attached hydrogen (secondary N) is 2. The molecule has 7 heteroatoms. The molecule has 0 aliphatic heterocycles. The van der Waals surface area contributed by atoms with Crippen LogP contribution in [0.4, 0.5) is 0 Å². The number of ether oxygens (including phenoxy) is 1. The fourth-order valence-electron chi connectivity index (χ4n) is 1.90. The third kappa shape index (κ3) is 3.57. The zero-order valence-corrected chi connectivity index (χ0v) is 12.5. The van der Waals surface area contributed by atoms with E-state index in [2.05, 4.69) is 9.97 Å². The molecule has 0 saturated heterocycles. The van der Waals surface area contributed by atoms with Crippen molar-refractivity contribution in [2.45, 2.75) is 32.7 Å². The Bertz CT molecular complexity index is 600. The Labute approximate surface area is 117 Å². The van der Waals surface area contributed by atoms with Gasteiger partial charge in [-0.2, -0.15) is 0 Å². The maximum atomic E-state index is 12.2. The summed E-state index contributed by atoms with van der Waals surface area (Å²) in [5.74, 6) is -0.215. The number of aromatic amines is 2. The van der Waals surface area contributed by atoms with Gasteiger partial charge in [-0.1, -0.05) is 0 Å². The van der Waals surface area contributed by atoms with Crippen LogP contribution in [0, 0.1) is 6.92 Å². The third-order valence-corrected chi connectivity index (χ3v) is 3.36. The number of carbonyl (C=O) groups excluding carboxylic acids is 1. The average molecular weight is 283 g/mol. The number of carbonyl (C=O) groups is 1. The van der Waals surface area contributed by atoms with Crippen LogP contribution in [0.3, 0.4) is 0 Å². The van der Waals surface area contributed by atoms with E-state index in [1.165, 1.54) is 0 Å². The van der Waals surface area contributed by atoms with E-state index in [9.17, 15) is 14.4 Å². The second kappa shape index (κ2) is 6.04. The van der Waals surface area contributed by atoms with Gasteiger partial charge in [-0.25, -0.2) is 4.79 Å². The van der Waals surface area contributed by atoms with Crippen LogP contribution >= 0.6 is 0 Å². The lowest BCUT2D eigenvalue weighted by molar-refractivity contribution is -0.135. The minimum absolute atomic E-state index is 0.0679. The molecule has 0 fully saturated rings. The highest BCUT2D eigenvalue weighted by atomic mass is 16.5. The van der Waals surface area contributed by atoms with Crippen LogP contribution < -0.4 is 11.2 Å². The molecule has 2 N–H and O–H groups in total. The van der Waals surface area contributed by atoms with Gasteiger partial charge in [0.1, 0.15) is 0 Å². The van der Waals surface area contributed by atoms with Gasteiger partial charge < -0.3 is 14.6 Å². The number of aromatic nitrogens is 2. The summed E-state index contributed by atoms with van der Waals surface area (Å²) in [7, 11) is 3.23. The summed E-state index contributed by atoms with van der Waals surface area (Å²) in [6.07, 6.45) is -0.0679. The highest BCUT2D eigenvalue weighted by Crippen LogP contribution is 2.14. The summed E-state index contributed by atoms with van der Waals surface area (Å²) in [6.45, 7) is 5.73. The molecule has 0 spiro atoms. The summed E-state index contributed by atoms with van der Waals surface area (Å²) < 4.78 is 5.08. The predicted molar refractivity (Wildman–Crippen MR) is 74.8 cm³/mol. The number of rotatable bonds is 5. The van der Waals surface area contributed by atoms with Gasteiger partial charge >= 0.3 is 5.69 Å². The Morgan fingerprint density at radius 1 is 1.30 bits per heavy atom. The first-order chi connectivity index (χ1) is 9.19. The molecule has 0 unspecified atom stereocenters. The lowest BCUT2D eigenvalue weighted by Crippen LogP contribution is -2.49. The largest absolute Gasteiger partial charge is 0.382 e. The van der Waals surface area contributed by atoms with Crippen molar-refractivity contribution in [2.75, 3.05) is 20.8 Å². The van der Waals surface area contributed by atoms with E-state index >= 15 is 0 Å². The first kappa shape index (κ1) is 16.2. The normalized spacial score (nSPS) is 11.4. The van der Waals surface area contributed by atoms with Gasteiger partial charge in [-0.05, 0) is 20.8 Å². The number of hydrogen-bond acceptors (Lipinski definition) is 4. The van der Waals surface area contributed by atoms with E-state index in [1.54, 1.807) is 26.0 Å². The smallest absolute Gasteiger partial charge is 0.325 e. The fraction of sp³-hybridized carbons (Fsp3) is 0.615. The van der Waals surface area contributed by atoms with E-state index in [1.807, 2.05) is 13.8 Å². The third-order valence-electron chi connectivity index (χ3n) is 3.36. The summed E-state index contributed by atoms with van der Waals surface area (Å²) in [6, 6.07) is 0. The molecule has 0 bridgehead atoms. The maximum Gasteiger partial charge on any atom is 0.325 e. The van der Waals surface area contributed by atoms with Crippen molar-refractivity contribution in [1.29, 1.82) is 0 Å². The molecule has 1 aromatic rings. The number of nitrogens with zero attached hydrogens (tertiary/aromatic N) is 1. The standard InChI is InChI=1S/C13H21N3O4/c1-8-9(11(18)15-12(19)14-8)6-10(17)16(4)13(2,3)7-20-5/h6-7H2,1-5H3,(H2,14,15,18,19). The number of aryl methyl sites for hydroxylation is 1. The number of amides is 1. The zero-order valence-electron chi connectivity index (χ0n) is 12.5. The highest BCUT2D eigenvalue weighted by Gasteiger charge is 2.28. The molecule has 0 radical (unpaired) electrons. The molecule has 20 heavy (non-hydrogen) atoms. The lowest BCUT2D eigenvalue weighted by atomic mass is 10.0. The van der Waals surface area contributed by atoms with E-state index in [0.29, 0.717) is 12.3 Å². The van der Waals surface area contributed by atoms with Crippen LogP contribution in [0.5, 0.6) is 0 Å². The molecule has 0 aliphatic carbocycles. The number of likely N-dealkylation sites (N-methyl/N-ethyl adjacent to an activating group) is 1. The van der Waals surface area contributed by atoms with Crippen molar-refractivity contribution < 1.29 is 9.53 Å². The van der Waals surface area contributed by atoms with Gasteiger partial charge in [0.2, 0.25) is 5.91 Å².